The van der Waals surface area contributed by atoms with Crippen LogP contribution >= 0.6 is 0 Å². The molecule has 5 amide bonds. The maximum Gasteiger partial charge on any atom is 0.344 e. The molecule has 2 atom stereocenters. The smallest absolute Gasteiger partial charge is 0.344 e. The number of nitrogens with zero attached hydrogens (tertiary/aromatic N) is 3. The van der Waals surface area contributed by atoms with E-state index in [9.17, 15) is 19.2 Å². The maximum atomic E-state index is 13.0. The molecular weight excluding hydrogens is 466 g/mol. The Kier molecular flexibility index (Phi) is 6.23. The Labute approximate surface area is 207 Å². The molecule has 0 aliphatic carbocycles. The number of piperazine rings is 1. The van der Waals surface area contributed by atoms with Crippen LogP contribution in [-0.4, -0.2) is 84.0 Å². The van der Waals surface area contributed by atoms with Crippen molar-refractivity contribution in [2.45, 2.75) is 18.6 Å². The summed E-state index contributed by atoms with van der Waals surface area (Å²) in [5.41, 5.74) is 1.78. The summed E-state index contributed by atoms with van der Waals surface area (Å²) in [6, 6.07) is 15.4. The molecule has 0 saturated carbocycles. The summed E-state index contributed by atoms with van der Waals surface area (Å²) >= 11 is 0. The zero-order chi connectivity index (χ0) is 25.3. The van der Waals surface area contributed by atoms with Gasteiger partial charge in [-0.25, -0.2) is 4.79 Å². The molecule has 36 heavy (non-hydrogen) atoms. The van der Waals surface area contributed by atoms with Gasteiger partial charge in [-0.3, -0.25) is 24.7 Å². The van der Waals surface area contributed by atoms with Crippen molar-refractivity contribution in [1.29, 1.82) is 0 Å². The third kappa shape index (κ3) is 4.44. The van der Waals surface area contributed by atoms with Crippen molar-refractivity contribution in [1.82, 2.24) is 25.6 Å². The summed E-state index contributed by atoms with van der Waals surface area (Å²) in [5, 5.41) is 3.38. The first-order chi connectivity index (χ1) is 17.3. The lowest BCUT2D eigenvalue weighted by atomic mass is 9.92. The lowest BCUT2D eigenvalue weighted by Crippen LogP contribution is -2.56. The Hall–Kier alpha value is -4.12. The molecule has 0 aromatic heterocycles. The highest BCUT2D eigenvalue weighted by Crippen LogP contribution is 2.31. The number of hydrogen-bond donors (Lipinski definition) is 2. The number of ether oxygens (including phenoxy) is 2. The molecule has 2 saturated heterocycles. The van der Waals surface area contributed by atoms with Crippen molar-refractivity contribution >= 4 is 23.8 Å². The minimum atomic E-state index is -1.26. The molecule has 2 N–H and O–H groups in total. The number of fused-ring (bicyclic) bond motifs is 1. The average Bonchev–Trinajstić information content (AvgIpc) is 3.12. The summed E-state index contributed by atoms with van der Waals surface area (Å²) in [5.74, 6) is -0.0454. The van der Waals surface area contributed by atoms with Crippen molar-refractivity contribution in [2.75, 3.05) is 39.3 Å². The fourth-order valence-corrected chi connectivity index (χ4v) is 4.54. The van der Waals surface area contributed by atoms with Crippen LogP contribution in [0, 0.1) is 0 Å². The van der Waals surface area contributed by atoms with E-state index in [1.165, 1.54) is 0 Å². The SMILES string of the molecule is CC1(c2ccccc2)NC(=O)N(NC(=O)CN2CCN(C(=O)C3COc4ccccc4O3)CC2)C1=O. The number of benzene rings is 2. The van der Waals surface area contributed by atoms with E-state index >= 15 is 0 Å². The van der Waals surface area contributed by atoms with Gasteiger partial charge in [0.25, 0.3) is 17.7 Å². The molecule has 2 aromatic carbocycles. The van der Waals surface area contributed by atoms with Gasteiger partial charge >= 0.3 is 6.03 Å². The second kappa shape index (κ2) is 9.50. The molecule has 3 aliphatic heterocycles. The molecule has 0 spiro atoms. The van der Waals surface area contributed by atoms with Gasteiger partial charge in [0.2, 0.25) is 6.10 Å². The highest BCUT2D eigenvalue weighted by Gasteiger charge is 2.50. The maximum absolute atomic E-state index is 13.0. The molecule has 11 heteroatoms. The molecule has 2 aromatic rings. The Morgan fingerprint density at radius 3 is 2.39 bits per heavy atom. The predicted octanol–water partition coefficient (Wildman–Crippen LogP) is 0.469. The van der Waals surface area contributed by atoms with E-state index in [-0.39, 0.29) is 19.1 Å². The van der Waals surface area contributed by atoms with Crippen LogP contribution in [0.1, 0.15) is 12.5 Å². The minimum Gasteiger partial charge on any atom is -0.485 e. The molecule has 188 valence electrons. The first kappa shape index (κ1) is 23.6. The number of hydrogen-bond acceptors (Lipinski definition) is 7. The van der Waals surface area contributed by atoms with Crippen LogP contribution in [0.4, 0.5) is 4.79 Å². The van der Waals surface area contributed by atoms with Gasteiger partial charge in [-0.15, -0.1) is 0 Å². The second-order valence-corrected chi connectivity index (χ2v) is 9.06. The molecule has 0 bridgehead atoms. The number of carbonyl (C=O) groups excluding carboxylic acids is 4. The van der Waals surface area contributed by atoms with E-state index in [0.717, 1.165) is 5.01 Å². The Morgan fingerprint density at radius 1 is 1.00 bits per heavy atom. The quantitative estimate of drug-likeness (QED) is 0.581. The van der Waals surface area contributed by atoms with E-state index < -0.39 is 29.5 Å². The first-order valence-electron chi connectivity index (χ1n) is 11.8. The van der Waals surface area contributed by atoms with Crippen LogP contribution in [0.15, 0.2) is 54.6 Å². The van der Waals surface area contributed by atoms with Gasteiger partial charge in [-0.05, 0) is 24.6 Å². The summed E-state index contributed by atoms with van der Waals surface area (Å²) in [6.45, 7) is 3.50. The summed E-state index contributed by atoms with van der Waals surface area (Å²) in [7, 11) is 0. The van der Waals surface area contributed by atoms with Gasteiger partial charge in [0.15, 0.2) is 11.5 Å². The zero-order valence-electron chi connectivity index (χ0n) is 19.8. The van der Waals surface area contributed by atoms with Gasteiger partial charge < -0.3 is 19.7 Å². The third-order valence-corrected chi connectivity index (χ3v) is 6.61. The number of imide groups is 1. The van der Waals surface area contributed by atoms with E-state index in [1.54, 1.807) is 48.2 Å². The minimum absolute atomic E-state index is 0.0163. The topological polar surface area (TPSA) is 121 Å². The number of urea groups is 1. The highest BCUT2D eigenvalue weighted by molar-refractivity contribution is 6.08. The molecule has 2 fully saturated rings. The summed E-state index contributed by atoms with van der Waals surface area (Å²) in [6.07, 6.45) is -0.714. The molecule has 2 unspecified atom stereocenters. The zero-order valence-corrected chi connectivity index (χ0v) is 19.8. The monoisotopic (exact) mass is 493 g/mol. The lowest BCUT2D eigenvalue weighted by Gasteiger charge is -2.37. The van der Waals surface area contributed by atoms with Crippen LogP contribution in [0.5, 0.6) is 11.5 Å². The summed E-state index contributed by atoms with van der Waals surface area (Å²) in [4.78, 5) is 54.5. The number of nitrogens with one attached hydrogen (secondary N) is 2. The highest BCUT2D eigenvalue weighted by atomic mass is 16.6. The lowest BCUT2D eigenvalue weighted by molar-refractivity contribution is -0.144. The molecule has 3 aliphatic rings. The van der Waals surface area contributed by atoms with Crippen molar-refractivity contribution in [2.24, 2.45) is 0 Å². The Balaban J connectivity index is 1.11. The van der Waals surface area contributed by atoms with Crippen molar-refractivity contribution in [3.8, 4) is 11.5 Å². The predicted molar refractivity (Wildman–Crippen MR) is 127 cm³/mol. The number of carbonyl (C=O) groups is 4. The number of para-hydroxylation sites is 2. The van der Waals surface area contributed by atoms with Gasteiger partial charge in [0, 0.05) is 26.2 Å². The Morgan fingerprint density at radius 2 is 1.67 bits per heavy atom. The second-order valence-electron chi connectivity index (χ2n) is 9.06. The number of rotatable bonds is 5. The summed E-state index contributed by atoms with van der Waals surface area (Å²) < 4.78 is 11.5. The van der Waals surface area contributed by atoms with Crippen molar-refractivity contribution in [3.05, 3.63) is 60.2 Å². The van der Waals surface area contributed by atoms with Gasteiger partial charge in [-0.1, -0.05) is 42.5 Å². The molecule has 5 rings (SSSR count). The van der Waals surface area contributed by atoms with Crippen LogP contribution in [0.3, 0.4) is 0 Å². The van der Waals surface area contributed by atoms with Gasteiger partial charge in [0.05, 0.1) is 6.54 Å². The Bertz CT molecular complexity index is 1180. The average molecular weight is 494 g/mol. The molecule has 11 nitrogen and oxygen atoms in total. The fourth-order valence-electron chi connectivity index (χ4n) is 4.54. The van der Waals surface area contributed by atoms with Crippen LogP contribution in [-0.2, 0) is 19.9 Å². The van der Waals surface area contributed by atoms with Crippen LogP contribution in [0.2, 0.25) is 0 Å². The van der Waals surface area contributed by atoms with Crippen molar-refractivity contribution in [3.63, 3.8) is 0 Å². The van der Waals surface area contributed by atoms with E-state index in [2.05, 4.69) is 10.7 Å². The number of amides is 5. The largest absolute Gasteiger partial charge is 0.485 e. The normalized spacial score (nSPS) is 23.9. The van der Waals surface area contributed by atoms with Crippen LogP contribution < -0.4 is 20.2 Å². The van der Waals surface area contributed by atoms with E-state index in [4.69, 9.17) is 9.47 Å². The molecular formula is C25H27N5O6. The fraction of sp³-hybridized carbons (Fsp3) is 0.360. The van der Waals surface area contributed by atoms with Crippen LogP contribution in [0.25, 0.3) is 0 Å². The third-order valence-electron chi connectivity index (χ3n) is 6.61. The van der Waals surface area contributed by atoms with Gasteiger partial charge in [0.1, 0.15) is 12.1 Å². The first-order valence-corrected chi connectivity index (χ1v) is 11.8. The standard InChI is InChI=1S/C25H27N5O6/c1-25(17-7-3-2-4-8-17)23(33)30(24(34)26-25)27-21(31)15-28-11-13-29(14-12-28)22(32)20-16-35-18-9-5-6-10-19(18)36-20/h2-10,20H,11-16H2,1H3,(H,26,34)(H,27,31). The van der Waals surface area contributed by atoms with Gasteiger partial charge in [-0.2, -0.15) is 5.01 Å². The number of hydrazine groups is 1. The van der Waals surface area contributed by atoms with E-state index in [1.807, 2.05) is 23.1 Å². The van der Waals surface area contributed by atoms with E-state index in [0.29, 0.717) is 43.2 Å². The molecule has 0 radical (unpaired) electrons. The molecule has 3 heterocycles. The van der Waals surface area contributed by atoms with Crippen molar-refractivity contribution < 1.29 is 28.7 Å².